The fourth-order valence-corrected chi connectivity index (χ4v) is 2.52. The van der Waals surface area contributed by atoms with Crippen molar-refractivity contribution in [2.24, 2.45) is 4.99 Å². The van der Waals surface area contributed by atoms with Crippen LogP contribution < -0.4 is 20.1 Å². The fourth-order valence-electron chi connectivity index (χ4n) is 2.52. The number of rotatable bonds is 9. The maximum Gasteiger partial charge on any atom is 0.274 e. The minimum absolute atomic E-state index is 0. The first kappa shape index (κ1) is 24.5. The van der Waals surface area contributed by atoms with E-state index in [1.165, 1.54) is 6.07 Å². The highest BCUT2D eigenvalue weighted by Gasteiger charge is 2.12. The number of methoxy groups -OCH3 is 1. The van der Waals surface area contributed by atoms with Crippen molar-refractivity contribution in [1.82, 2.24) is 10.6 Å². The molecule has 0 radical (unpaired) electrons. The van der Waals surface area contributed by atoms with Crippen molar-refractivity contribution in [3.63, 3.8) is 0 Å². The van der Waals surface area contributed by atoms with Gasteiger partial charge in [-0.2, -0.15) is 0 Å². The summed E-state index contributed by atoms with van der Waals surface area (Å²) in [6.45, 7) is 5.29. The van der Waals surface area contributed by atoms with Gasteiger partial charge >= 0.3 is 0 Å². The van der Waals surface area contributed by atoms with Crippen molar-refractivity contribution in [1.29, 1.82) is 0 Å². The summed E-state index contributed by atoms with van der Waals surface area (Å²) in [5, 5.41) is 17.5. The van der Waals surface area contributed by atoms with Crippen molar-refractivity contribution in [3.05, 3.63) is 64.2 Å². The Morgan fingerprint density at radius 3 is 2.59 bits per heavy atom. The zero-order valence-corrected chi connectivity index (χ0v) is 19.1. The summed E-state index contributed by atoms with van der Waals surface area (Å²) in [6, 6.07) is 14.0. The number of nitro benzene ring substituents is 1. The maximum atomic E-state index is 11.1. The Labute approximate surface area is 187 Å². The molecule has 0 amide bonds. The van der Waals surface area contributed by atoms with E-state index >= 15 is 0 Å². The van der Waals surface area contributed by atoms with E-state index in [4.69, 9.17) is 9.47 Å². The molecule has 0 heterocycles. The summed E-state index contributed by atoms with van der Waals surface area (Å²) in [7, 11) is 1.61. The number of halogens is 1. The first-order valence-electron chi connectivity index (χ1n) is 9.08. The van der Waals surface area contributed by atoms with Gasteiger partial charge in [-0.1, -0.05) is 24.3 Å². The molecule has 0 aromatic heterocycles. The SMILES string of the molecule is CCNC(=NCc1ccccc1[N+](=O)[O-])NCC(C)Oc1cccc(OC)c1.I. The maximum absolute atomic E-state index is 11.1. The Balaban J connectivity index is 0.00000420. The minimum atomic E-state index is -0.394. The van der Waals surface area contributed by atoms with Crippen LogP contribution in [0.3, 0.4) is 0 Å². The fraction of sp³-hybridized carbons (Fsp3) is 0.350. The summed E-state index contributed by atoms with van der Waals surface area (Å²) < 4.78 is 11.1. The van der Waals surface area contributed by atoms with Gasteiger partial charge < -0.3 is 20.1 Å². The van der Waals surface area contributed by atoms with E-state index in [0.717, 1.165) is 11.5 Å². The highest BCUT2D eigenvalue weighted by molar-refractivity contribution is 14.0. The van der Waals surface area contributed by atoms with Gasteiger partial charge in [0.2, 0.25) is 0 Å². The van der Waals surface area contributed by atoms with E-state index in [-0.39, 0.29) is 42.3 Å². The number of hydrogen-bond donors (Lipinski definition) is 2. The van der Waals surface area contributed by atoms with Crippen molar-refractivity contribution in [2.75, 3.05) is 20.2 Å². The van der Waals surface area contributed by atoms with Gasteiger partial charge in [-0.15, -0.1) is 24.0 Å². The molecule has 0 fully saturated rings. The van der Waals surface area contributed by atoms with Crippen LogP contribution in [0, 0.1) is 10.1 Å². The second kappa shape index (κ2) is 12.8. The first-order chi connectivity index (χ1) is 13.5. The zero-order valence-electron chi connectivity index (χ0n) is 16.8. The van der Waals surface area contributed by atoms with Crippen molar-refractivity contribution in [3.8, 4) is 11.5 Å². The van der Waals surface area contributed by atoms with Crippen LogP contribution in [0.4, 0.5) is 5.69 Å². The van der Waals surface area contributed by atoms with E-state index < -0.39 is 4.92 Å². The van der Waals surface area contributed by atoms with Gasteiger partial charge in [0.05, 0.1) is 30.7 Å². The van der Waals surface area contributed by atoms with Gasteiger partial charge in [0, 0.05) is 18.7 Å². The van der Waals surface area contributed by atoms with Gasteiger partial charge in [0.1, 0.15) is 17.6 Å². The van der Waals surface area contributed by atoms with E-state index in [1.807, 2.05) is 38.1 Å². The van der Waals surface area contributed by atoms with Crippen LogP contribution >= 0.6 is 24.0 Å². The number of nitrogens with zero attached hydrogens (tertiary/aromatic N) is 2. The highest BCUT2D eigenvalue weighted by atomic mass is 127. The van der Waals surface area contributed by atoms with E-state index in [2.05, 4.69) is 15.6 Å². The molecule has 2 N–H and O–H groups in total. The van der Waals surface area contributed by atoms with Gasteiger partial charge in [0.25, 0.3) is 5.69 Å². The molecule has 29 heavy (non-hydrogen) atoms. The summed E-state index contributed by atoms with van der Waals surface area (Å²) in [6.07, 6.45) is -0.123. The lowest BCUT2D eigenvalue weighted by Crippen LogP contribution is -2.41. The third-order valence-corrected chi connectivity index (χ3v) is 3.88. The quantitative estimate of drug-likeness (QED) is 0.174. The molecule has 0 bridgehead atoms. The van der Waals surface area contributed by atoms with Crippen LogP contribution in [0.1, 0.15) is 19.4 Å². The lowest BCUT2D eigenvalue weighted by atomic mass is 10.2. The highest BCUT2D eigenvalue weighted by Crippen LogP contribution is 2.20. The normalized spacial score (nSPS) is 11.8. The molecule has 0 saturated heterocycles. The lowest BCUT2D eigenvalue weighted by molar-refractivity contribution is -0.385. The van der Waals surface area contributed by atoms with Crippen LogP contribution in [-0.2, 0) is 6.54 Å². The number of para-hydroxylation sites is 1. The summed E-state index contributed by atoms with van der Waals surface area (Å²) in [5.74, 6) is 2.02. The van der Waals surface area contributed by atoms with Crippen LogP contribution in [0.5, 0.6) is 11.5 Å². The second-order valence-electron chi connectivity index (χ2n) is 6.07. The Bertz CT molecular complexity index is 817. The number of ether oxygens (including phenoxy) is 2. The Hall–Kier alpha value is -2.56. The molecule has 0 spiro atoms. The largest absolute Gasteiger partial charge is 0.497 e. The summed E-state index contributed by atoms with van der Waals surface area (Å²) in [4.78, 5) is 15.2. The number of guanidine groups is 1. The summed E-state index contributed by atoms with van der Waals surface area (Å²) >= 11 is 0. The molecule has 2 aromatic rings. The topological polar surface area (TPSA) is 98.0 Å². The van der Waals surface area contributed by atoms with Crippen LogP contribution in [-0.4, -0.2) is 37.2 Å². The van der Waals surface area contributed by atoms with Gasteiger partial charge in [-0.3, -0.25) is 10.1 Å². The van der Waals surface area contributed by atoms with E-state index in [1.54, 1.807) is 25.3 Å². The molecule has 0 aliphatic heterocycles. The summed E-state index contributed by atoms with van der Waals surface area (Å²) in [5.41, 5.74) is 0.627. The number of nitro groups is 1. The molecule has 0 saturated carbocycles. The molecule has 0 aliphatic rings. The Kier molecular flexibility index (Phi) is 10.8. The second-order valence-corrected chi connectivity index (χ2v) is 6.07. The Morgan fingerprint density at radius 2 is 1.90 bits per heavy atom. The lowest BCUT2D eigenvalue weighted by Gasteiger charge is -2.18. The third-order valence-electron chi connectivity index (χ3n) is 3.88. The third kappa shape index (κ3) is 8.14. The van der Waals surface area contributed by atoms with Crippen LogP contribution in [0.25, 0.3) is 0 Å². The molecular formula is C20H27IN4O4. The number of nitrogens with one attached hydrogen (secondary N) is 2. The molecule has 1 unspecified atom stereocenters. The molecule has 9 heteroatoms. The minimum Gasteiger partial charge on any atom is -0.497 e. The molecule has 2 rings (SSSR count). The van der Waals surface area contributed by atoms with Crippen molar-refractivity contribution in [2.45, 2.75) is 26.5 Å². The number of aliphatic imine (C=N–C) groups is 1. The average molecular weight is 514 g/mol. The Morgan fingerprint density at radius 1 is 1.17 bits per heavy atom. The van der Waals surface area contributed by atoms with Crippen LogP contribution in [0.2, 0.25) is 0 Å². The van der Waals surface area contributed by atoms with Crippen molar-refractivity contribution < 1.29 is 14.4 Å². The van der Waals surface area contributed by atoms with Crippen LogP contribution in [0.15, 0.2) is 53.5 Å². The van der Waals surface area contributed by atoms with E-state index in [0.29, 0.717) is 24.6 Å². The van der Waals surface area contributed by atoms with E-state index in [9.17, 15) is 10.1 Å². The van der Waals surface area contributed by atoms with Gasteiger partial charge in [-0.25, -0.2) is 4.99 Å². The first-order valence-corrected chi connectivity index (χ1v) is 9.08. The van der Waals surface area contributed by atoms with Gasteiger partial charge in [-0.05, 0) is 26.0 Å². The molecule has 158 valence electrons. The molecule has 0 aliphatic carbocycles. The zero-order chi connectivity index (χ0) is 20.4. The van der Waals surface area contributed by atoms with Gasteiger partial charge in [0.15, 0.2) is 5.96 Å². The molecule has 8 nitrogen and oxygen atoms in total. The predicted molar refractivity (Wildman–Crippen MR) is 124 cm³/mol. The smallest absolute Gasteiger partial charge is 0.274 e. The monoisotopic (exact) mass is 514 g/mol. The van der Waals surface area contributed by atoms with Crippen molar-refractivity contribution >= 4 is 35.6 Å². The standard InChI is InChI=1S/C20H26N4O4.HI/c1-4-21-20(23-14-16-8-5-6-11-19(16)24(25)26)22-13-15(2)28-18-10-7-9-17(12-18)27-3;/h5-12,15H,4,13-14H2,1-3H3,(H2,21,22,23);1H. The average Bonchev–Trinajstić information content (AvgIpc) is 2.70. The number of hydrogen-bond acceptors (Lipinski definition) is 5. The molecule has 1 atom stereocenters. The number of benzene rings is 2. The molecule has 2 aromatic carbocycles. The predicted octanol–water partition coefficient (Wildman–Crippen LogP) is 3.74. The molecular weight excluding hydrogens is 487 g/mol.